The van der Waals surface area contributed by atoms with E-state index in [1.165, 1.54) is 23.1 Å². The molecule has 1 aliphatic rings. The second-order valence-electron chi connectivity index (χ2n) is 9.39. The summed E-state index contributed by atoms with van der Waals surface area (Å²) < 4.78 is 5.98. The topological polar surface area (TPSA) is 95.3 Å². The number of amides is 2. The maximum atomic E-state index is 13.2. The van der Waals surface area contributed by atoms with Crippen molar-refractivity contribution in [2.75, 3.05) is 24.2 Å². The zero-order valence-electron chi connectivity index (χ0n) is 21.3. The van der Waals surface area contributed by atoms with Crippen LogP contribution in [-0.4, -0.2) is 46.1 Å². The van der Waals surface area contributed by atoms with Gasteiger partial charge in [-0.05, 0) is 51.0 Å². The van der Waals surface area contributed by atoms with Crippen LogP contribution < -0.4 is 10.1 Å². The first kappa shape index (κ1) is 28.0. The fourth-order valence-electron chi connectivity index (χ4n) is 4.22. The van der Waals surface area contributed by atoms with Gasteiger partial charge in [-0.3, -0.25) is 9.59 Å². The predicted molar refractivity (Wildman–Crippen MR) is 152 cm³/mol. The Hall–Kier alpha value is -3.06. The van der Waals surface area contributed by atoms with Crippen LogP contribution >= 0.6 is 34.7 Å². The maximum Gasteiger partial charge on any atom is 0.275 e. The van der Waals surface area contributed by atoms with Crippen LogP contribution in [-0.2, 0) is 4.79 Å². The zero-order valence-corrected chi connectivity index (χ0v) is 23.7. The smallest absolute Gasteiger partial charge is 0.275 e. The van der Waals surface area contributed by atoms with Crippen molar-refractivity contribution in [2.24, 2.45) is 0 Å². The third kappa shape index (κ3) is 6.87. The lowest BCUT2D eigenvalue weighted by Crippen LogP contribution is -2.51. The number of para-hydroxylation sites is 2. The number of piperidine rings is 1. The Kier molecular flexibility index (Phi) is 9.31. The number of hydrogen-bond donors (Lipinski definition) is 1. The molecule has 0 spiro atoms. The molecule has 1 aromatic heterocycles. The first-order valence-electron chi connectivity index (χ1n) is 12.4. The van der Waals surface area contributed by atoms with Gasteiger partial charge < -0.3 is 15.0 Å². The highest BCUT2D eigenvalue weighted by Crippen LogP contribution is 2.33. The normalized spacial score (nSPS) is 14.1. The number of anilines is 1. The van der Waals surface area contributed by atoms with E-state index in [0.717, 1.165) is 22.7 Å². The van der Waals surface area contributed by atoms with Crippen LogP contribution in [0.2, 0.25) is 5.02 Å². The fourth-order valence-corrected chi connectivity index (χ4v) is 6.23. The van der Waals surface area contributed by atoms with Crippen LogP contribution in [0.1, 0.15) is 54.5 Å². The van der Waals surface area contributed by atoms with Gasteiger partial charge in [0, 0.05) is 41.5 Å². The minimum absolute atomic E-state index is 0.0821. The first-order valence-corrected chi connectivity index (χ1v) is 14.6. The van der Waals surface area contributed by atoms with Gasteiger partial charge in [-0.1, -0.05) is 35.9 Å². The summed E-state index contributed by atoms with van der Waals surface area (Å²) in [4.78, 5) is 33.5. The molecule has 1 saturated heterocycles. The maximum absolute atomic E-state index is 13.2. The van der Waals surface area contributed by atoms with Gasteiger partial charge in [-0.2, -0.15) is 5.26 Å². The lowest BCUT2D eigenvalue weighted by atomic mass is 9.96. The number of benzene rings is 2. The number of carbonyl (C=O) groups is 2. The van der Waals surface area contributed by atoms with Crippen LogP contribution in [0.15, 0.2) is 58.8 Å². The lowest BCUT2D eigenvalue weighted by Gasteiger charge is -2.36. The lowest BCUT2D eigenvalue weighted by molar-refractivity contribution is -0.146. The van der Waals surface area contributed by atoms with E-state index < -0.39 is 5.60 Å². The number of ether oxygens (including phenoxy) is 1. The number of nitrogens with one attached hydrogen (secondary N) is 1. The molecule has 7 nitrogen and oxygen atoms in total. The average Bonchev–Trinajstić information content (AvgIpc) is 3.41. The number of likely N-dealkylation sites (tertiary alicyclic amines) is 1. The highest BCUT2D eigenvalue weighted by molar-refractivity contribution is 7.99. The molecule has 198 valence electrons. The van der Waals surface area contributed by atoms with Crippen molar-refractivity contribution in [3.8, 4) is 11.8 Å². The summed E-state index contributed by atoms with van der Waals surface area (Å²) in [7, 11) is 0. The largest absolute Gasteiger partial charge is 0.476 e. The van der Waals surface area contributed by atoms with Crippen LogP contribution in [0.5, 0.6) is 5.75 Å². The Labute approximate surface area is 236 Å². The molecule has 4 rings (SSSR count). The molecule has 0 radical (unpaired) electrons. The molecule has 0 saturated carbocycles. The van der Waals surface area contributed by atoms with E-state index in [1.807, 2.05) is 41.3 Å². The minimum atomic E-state index is -1.05. The molecule has 10 heteroatoms. The van der Waals surface area contributed by atoms with Crippen molar-refractivity contribution < 1.29 is 14.3 Å². The van der Waals surface area contributed by atoms with E-state index in [4.69, 9.17) is 21.6 Å². The van der Waals surface area contributed by atoms with E-state index in [9.17, 15) is 9.59 Å². The molecule has 2 heterocycles. The van der Waals surface area contributed by atoms with Gasteiger partial charge in [0.1, 0.15) is 11.4 Å². The number of rotatable bonds is 9. The van der Waals surface area contributed by atoms with Crippen molar-refractivity contribution >= 4 is 52.2 Å². The molecule has 0 atom stereocenters. The summed E-state index contributed by atoms with van der Waals surface area (Å²) in [6.07, 6.45) is 1.97. The molecule has 3 aromatic rings. The Morgan fingerprint density at radius 3 is 2.66 bits per heavy atom. The van der Waals surface area contributed by atoms with Gasteiger partial charge in [-0.15, -0.1) is 23.1 Å². The molecule has 2 aromatic carbocycles. The van der Waals surface area contributed by atoms with E-state index in [-0.39, 0.29) is 17.7 Å². The highest BCUT2D eigenvalue weighted by atomic mass is 35.5. The van der Waals surface area contributed by atoms with Crippen LogP contribution in [0.3, 0.4) is 0 Å². The average molecular weight is 569 g/mol. The molecular formula is C28H29ClN4O3S2. The number of carbonyl (C=O) groups excluding carboxylic acids is 2. The molecule has 1 aliphatic heterocycles. The van der Waals surface area contributed by atoms with Gasteiger partial charge in [0.2, 0.25) is 0 Å². The second-order valence-corrected chi connectivity index (χ2v) is 11.8. The van der Waals surface area contributed by atoms with Gasteiger partial charge in [0.05, 0.1) is 21.8 Å². The van der Waals surface area contributed by atoms with Crippen molar-refractivity contribution in [3.63, 3.8) is 0 Å². The van der Waals surface area contributed by atoms with Crippen molar-refractivity contribution in [3.05, 3.63) is 69.6 Å². The van der Waals surface area contributed by atoms with Crippen molar-refractivity contribution in [2.45, 2.75) is 49.5 Å². The number of thioether (sulfide) groups is 1. The van der Waals surface area contributed by atoms with Crippen LogP contribution in [0, 0.1) is 11.3 Å². The summed E-state index contributed by atoms with van der Waals surface area (Å²) in [6, 6.07) is 16.8. The minimum Gasteiger partial charge on any atom is -0.476 e. The quantitative estimate of drug-likeness (QED) is 0.230. The Bertz CT molecular complexity index is 1330. The standard InChI is InChI=1S/C28H29ClN4O3S2/c1-28(2,36-23-10-5-3-8-20(23)29)27(35)33-15-12-19(13-16-33)26-32-22(18-38-26)25(34)31-21-9-4-6-11-24(21)37-17-7-14-30/h3-6,8-11,18-19H,7,12-13,15-17H2,1-2H3,(H,31,34). The number of hydrogen-bond acceptors (Lipinski definition) is 7. The van der Waals surface area contributed by atoms with E-state index in [0.29, 0.717) is 47.4 Å². The molecule has 1 N–H and O–H groups in total. The molecular weight excluding hydrogens is 540 g/mol. The third-order valence-electron chi connectivity index (χ3n) is 6.21. The van der Waals surface area contributed by atoms with Crippen molar-refractivity contribution in [1.29, 1.82) is 5.26 Å². The van der Waals surface area contributed by atoms with Crippen LogP contribution in [0.25, 0.3) is 0 Å². The molecule has 0 aliphatic carbocycles. The molecule has 38 heavy (non-hydrogen) atoms. The SMILES string of the molecule is CC(C)(Oc1ccccc1Cl)C(=O)N1CCC(c2nc(C(=O)Nc3ccccc3SCCC#N)cs2)CC1. The summed E-state index contributed by atoms with van der Waals surface area (Å²) in [5.74, 6) is 0.995. The van der Waals surface area contributed by atoms with Gasteiger partial charge in [0.25, 0.3) is 11.8 Å². The summed E-state index contributed by atoms with van der Waals surface area (Å²) in [5, 5.41) is 14.9. The first-order chi connectivity index (χ1) is 18.3. The number of thiazole rings is 1. The van der Waals surface area contributed by atoms with Gasteiger partial charge in [-0.25, -0.2) is 4.98 Å². The highest BCUT2D eigenvalue weighted by Gasteiger charge is 2.37. The van der Waals surface area contributed by atoms with E-state index in [1.54, 1.807) is 31.4 Å². The molecule has 0 unspecified atom stereocenters. The molecule has 2 amide bonds. The Morgan fingerprint density at radius 2 is 1.92 bits per heavy atom. The fraction of sp³-hybridized carbons (Fsp3) is 0.357. The number of nitrogens with zero attached hydrogens (tertiary/aromatic N) is 3. The Morgan fingerprint density at radius 1 is 1.21 bits per heavy atom. The van der Waals surface area contributed by atoms with Crippen LogP contribution in [0.4, 0.5) is 5.69 Å². The summed E-state index contributed by atoms with van der Waals surface area (Å²) >= 11 is 9.23. The third-order valence-corrected chi connectivity index (χ3v) is 8.60. The summed E-state index contributed by atoms with van der Waals surface area (Å²) in [5.41, 5.74) is 0.0472. The zero-order chi connectivity index (χ0) is 27.1. The molecule has 0 bridgehead atoms. The second kappa shape index (κ2) is 12.7. The number of aromatic nitrogens is 1. The predicted octanol–water partition coefficient (Wildman–Crippen LogP) is 6.62. The number of nitriles is 1. The van der Waals surface area contributed by atoms with Gasteiger partial charge >= 0.3 is 0 Å². The number of halogens is 1. The Balaban J connectivity index is 1.33. The van der Waals surface area contributed by atoms with E-state index in [2.05, 4.69) is 16.4 Å². The monoisotopic (exact) mass is 568 g/mol. The molecule has 1 fully saturated rings. The summed E-state index contributed by atoms with van der Waals surface area (Å²) in [6.45, 7) is 4.70. The van der Waals surface area contributed by atoms with Crippen molar-refractivity contribution in [1.82, 2.24) is 9.88 Å². The van der Waals surface area contributed by atoms with E-state index >= 15 is 0 Å². The van der Waals surface area contributed by atoms with Gasteiger partial charge in [0.15, 0.2) is 5.60 Å².